The standard InChI is InChI=1S/C27H26N2O2/c1-6-27(3)19-12-8-10-14-21(19)29(5)22(27)15-18-25(30)24(26(18)31)23-16(2)28(4)20-13-9-7-11-17(20)23/h7-15H,6H2,1-5H3. The summed E-state index contributed by atoms with van der Waals surface area (Å²) >= 11 is 0. The molecule has 156 valence electrons. The van der Waals surface area contributed by atoms with Crippen molar-refractivity contribution in [2.45, 2.75) is 32.6 Å². The molecule has 3 aromatic rings. The lowest BCUT2D eigenvalue weighted by Gasteiger charge is -2.31. The molecule has 4 nitrogen and oxygen atoms in total. The fourth-order valence-electron chi connectivity index (χ4n) is 5.24. The summed E-state index contributed by atoms with van der Waals surface area (Å²) in [5, 5.41) is 14.2. The van der Waals surface area contributed by atoms with Crippen molar-refractivity contribution >= 4 is 33.7 Å². The van der Waals surface area contributed by atoms with E-state index in [-0.39, 0.29) is 22.5 Å². The summed E-state index contributed by atoms with van der Waals surface area (Å²) in [5.74, 6) is -0.306. The highest BCUT2D eigenvalue weighted by atomic mass is 16.3. The van der Waals surface area contributed by atoms with Gasteiger partial charge in [0.15, 0.2) is 11.5 Å². The third-order valence-electron chi connectivity index (χ3n) is 7.37. The van der Waals surface area contributed by atoms with Crippen LogP contribution in [0.3, 0.4) is 0 Å². The Labute approximate surface area is 182 Å². The molecular weight excluding hydrogens is 384 g/mol. The lowest BCUT2D eigenvalue weighted by molar-refractivity contribution is -0.401. The van der Waals surface area contributed by atoms with Crippen LogP contribution in [0.15, 0.2) is 65.9 Å². The molecule has 4 heteroatoms. The van der Waals surface area contributed by atoms with Gasteiger partial charge in [-0.15, -0.1) is 0 Å². The average Bonchev–Trinajstić information content (AvgIpc) is 3.16. The van der Waals surface area contributed by atoms with Crippen LogP contribution in [0.4, 0.5) is 5.69 Å². The van der Waals surface area contributed by atoms with Crippen molar-refractivity contribution in [2.75, 3.05) is 7.05 Å². The zero-order valence-electron chi connectivity index (χ0n) is 18.6. The molecule has 5 rings (SSSR count). The highest BCUT2D eigenvalue weighted by molar-refractivity contribution is 6.41. The summed E-state index contributed by atoms with van der Waals surface area (Å²) in [4.78, 5) is 13.3. The van der Waals surface area contributed by atoms with Crippen LogP contribution in [0.5, 0.6) is 0 Å². The maximum Gasteiger partial charge on any atom is 0.209 e. The van der Waals surface area contributed by atoms with Crippen molar-refractivity contribution in [3.63, 3.8) is 0 Å². The van der Waals surface area contributed by atoms with E-state index in [9.17, 15) is 9.90 Å². The van der Waals surface area contributed by atoms with Gasteiger partial charge in [-0.2, -0.15) is 4.58 Å². The van der Waals surface area contributed by atoms with E-state index in [1.807, 2.05) is 68.1 Å². The minimum absolute atomic E-state index is 0.153. The van der Waals surface area contributed by atoms with Crippen LogP contribution in [0.2, 0.25) is 0 Å². The second-order valence-electron chi connectivity index (χ2n) is 8.77. The first-order valence-corrected chi connectivity index (χ1v) is 10.7. The van der Waals surface area contributed by atoms with Crippen molar-refractivity contribution < 1.29 is 14.5 Å². The van der Waals surface area contributed by atoms with Crippen molar-refractivity contribution in [1.29, 1.82) is 0 Å². The van der Waals surface area contributed by atoms with Gasteiger partial charge in [0.1, 0.15) is 7.05 Å². The predicted octanol–water partition coefficient (Wildman–Crippen LogP) is 4.16. The zero-order valence-corrected chi connectivity index (χ0v) is 18.6. The van der Waals surface area contributed by atoms with E-state index in [1.165, 1.54) is 5.56 Å². The number of hydrogen-bond donors (Lipinski definition) is 0. The normalized spacial score (nSPS) is 22.0. The lowest BCUT2D eigenvalue weighted by atomic mass is 9.74. The topological polar surface area (TPSA) is 48.1 Å². The largest absolute Gasteiger partial charge is 0.871 e. The number of fused-ring (bicyclic) bond motifs is 2. The number of ketones is 1. The summed E-state index contributed by atoms with van der Waals surface area (Å²) < 4.78 is 4.16. The molecule has 0 fully saturated rings. The van der Waals surface area contributed by atoms with Gasteiger partial charge < -0.3 is 9.67 Å². The van der Waals surface area contributed by atoms with Gasteiger partial charge in [0.05, 0.1) is 5.41 Å². The maximum atomic E-state index is 13.3. The highest BCUT2D eigenvalue weighted by Gasteiger charge is 2.46. The molecule has 2 heterocycles. The summed E-state index contributed by atoms with van der Waals surface area (Å²) in [5.41, 5.74) is 6.48. The molecule has 1 aliphatic heterocycles. The first kappa shape index (κ1) is 19.6. The molecule has 0 saturated heterocycles. The third kappa shape index (κ3) is 2.42. The molecule has 0 saturated carbocycles. The number of benzene rings is 2. The molecule has 0 amide bonds. The SMILES string of the molecule is CCC1(C)C(/C=C2/C(=O)C(c3c(C)n(C)c4ccccc34)=C2[O-])=[N+](C)c2ccccc21. The number of allylic oxidation sites excluding steroid dienone is 3. The summed E-state index contributed by atoms with van der Waals surface area (Å²) in [7, 11) is 3.98. The van der Waals surface area contributed by atoms with Gasteiger partial charge in [-0.1, -0.05) is 49.1 Å². The molecule has 1 unspecified atom stereocenters. The lowest BCUT2D eigenvalue weighted by Crippen LogP contribution is -2.34. The second-order valence-corrected chi connectivity index (χ2v) is 8.77. The summed E-state index contributed by atoms with van der Waals surface area (Å²) in [6, 6.07) is 16.2. The molecule has 2 aliphatic rings. The number of aromatic nitrogens is 1. The van der Waals surface area contributed by atoms with Crippen molar-refractivity contribution in [3.8, 4) is 0 Å². The fraction of sp³-hybridized carbons (Fsp3) is 0.259. The Morgan fingerprint density at radius 1 is 1.13 bits per heavy atom. The Morgan fingerprint density at radius 3 is 2.52 bits per heavy atom. The number of para-hydroxylation sites is 2. The number of hydrogen-bond acceptors (Lipinski definition) is 2. The van der Waals surface area contributed by atoms with E-state index in [1.54, 1.807) is 0 Å². The molecule has 1 atom stereocenters. The number of carbonyl (C=O) groups excluding carboxylic acids is 1. The fourth-order valence-corrected chi connectivity index (χ4v) is 5.24. The van der Waals surface area contributed by atoms with Gasteiger partial charge in [0, 0.05) is 58.1 Å². The molecule has 0 radical (unpaired) electrons. The Morgan fingerprint density at radius 2 is 1.81 bits per heavy atom. The molecule has 1 aromatic heterocycles. The van der Waals surface area contributed by atoms with E-state index in [0.717, 1.165) is 40.0 Å². The van der Waals surface area contributed by atoms with Gasteiger partial charge >= 0.3 is 0 Å². The van der Waals surface area contributed by atoms with Crippen molar-refractivity contribution in [1.82, 2.24) is 4.57 Å². The molecular formula is C27H26N2O2. The van der Waals surface area contributed by atoms with Gasteiger partial charge in [0.2, 0.25) is 5.69 Å². The molecule has 0 spiro atoms. The first-order valence-electron chi connectivity index (χ1n) is 10.7. The Balaban J connectivity index is 1.67. The van der Waals surface area contributed by atoms with E-state index < -0.39 is 0 Å². The molecule has 1 aliphatic carbocycles. The van der Waals surface area contributed by atoms with Crippen LogP contribution < -0.4 is 5.11 Å². The minimum Gasteiger partial charge on any atom is -0.871 e. The molecule has 0 bridgehead atoms. The molecule has 2 aromatic carbocycles. The Hall–Kier alpha value is -3.40. The maximum absolute atomic E-state index is 13.3. The first-order chi connectivity index (χ1) is 14.8. The zero-order chi connectivity index (χ0) is 22.1. The summed E-state index contributed by atoms with van der Waals surface area (Å²) in [6.45, 7) is 6.31. The van der Waals surface area contributed by atoms with Gasteiger partial charge in [-0.3, -0.25) is 4.79 Å². The number of nitrogens with zero attached hydrogens (tertiary/aromatic N) is 2. The number of rotatable bonds is 3. The van der Waals surface area contributed by atoms with Crippen molar-refractivity contribution in [2.24, 2.45) is 7.05 Å². The highest BCUT2D eigenvalue weighted by Crippen LogP contribution is 2.44. The van der Waals surface area contributed by atoms with Crippen molar-refractivity contribution in [3.05, 3.63) is 82.8 Å². The monoisotopic (exact) mass is 410 g/mol. The van der Waals surface area contributed by atoms with E-state index in [2.05, 4.69) is 30.6 Å². The number of Topliss-reactive ketones (excluding diaryl/α,β-unsaturated/α-hetero) is 1. The minimum atomic E-state index is -0.232. The second kappa shape index (κ2) is 6.55. The Kier molecular flexibility index (Phi) is 4.13. The molecule has 31 heavy (non-hydrogen) atoms. The third-order valence-corrected chi connectivity index (χ3v) is 7.37. The number of aryl methyl sites for hydroxylation is 1. The van der Waals surface area contributed by atoms with Gasteiger partial charge in [-0.05, 0) is 26.3 Å². The summed E-state index contributed by atoms with van der Waals surface area (Å²) in [6.07, 6.45) is 2.72. The molecule has 0 N–H and O–H groups in total. The van der Waals surface area contributed by atoms with Crippen LogP contribution in [0.1, 0.15) is 37.1 Å². The van der Waals surface area contributed by atoms with Gasteiger partial charge in [0.25, 0.3) is 0 Å². The van der Waals surface area contributed by atoms with E-state index in [4.69, 9.17) is 0 Å². The average molecular weight is 411 g/mol. The van der Waals surface area contributed by atoms with Crippen LogP contribution in [0.25, 0.3) is 16.5 Å². The van der Waals surface area contributed by atoms with Crippen LogP contribution in [-0.4, -0.2) is 27.7 Å². The van der Waals surface area contributed by atoms with E-state index in [0.29, 0.717) is 5.57 Å². The van der Waals surface area contributed by atoms with Crippen LogP contribution in [-0.2, 0) is 17.3 Å². The quantitative estimate of drug-likeness (QED) is 0.481. The predicted molar refractivity (Wildman–Crippen MR) is 123 cm³/mol. The van der Waals surface area contributed by atoms with E-state index >= 15 is 0 Å². The Bertz CT molecular complexity index is 1380. The smallest absolute Gasteiger partial charge is 0.209 e. The van der Waals surface area contributed by atoms with Crippen LogP contribution >= 0.6 is 0 Å². The number of carbonyl (C=O) groups is 1. The van der Waals surface area contributed by atoms with Gasteiger partial charge in [-0.25, -0.2) is 0 Å². The van der Waals surface area contributed by atoms with Crippen LogP contribution in [0, 0.1) is 6.92 Å².